The standard InChI is InChI=1S/C24H26F2N4O/c25-21-7-3-18(4-8-21)23(19-5-9-22(26)10-6-19)2-1-11-29-12-14-30(15-13-29)24(31)20-16-27-28-17-20/h3-10,16-17,23H,1-2,11-15H2,(H,27,28). The number of piperazine rings is 1. The molecule has 2 aromatic carbocycles. The van der Waals surface area contributed by atoms with Crippen molar-refractivity contribution < 1.29 is 13.6 Å². The molecule has 31 heavy (non-hydrogen) atoms. The van der Waals surface area contributed by atoms with Gasteiger partial charge in [-0.15, -0.1) is 0 Å². The molecule has 1 aliphatic heterocycles. The number of H-pyrrole nitrogens is 1. The minimum atomic E-state index is -0.260. The monoisotopic (exact) mass is 424 g/mol. The van der Waals surface area contributed by atoms with E-state index >= 15 is 0 Å². The molecule has 0 aliphatic carbocycles. The molecule has 7 heteroatoms. The highest BCUT2D eigenvalue weighted by molar-refractivity contribution is 5.93. The maximum Gasteiger partial charge on any atom is 0.257 e. The van der Waals surface area contributed by atoms with Crippen molar-refractivity contribution in [2.45, 2.75) is 18.8 Å². The highest BCUT2D eigenvalue weighted by Gasteiger charge is 2.23. The van der Waals surface area contributed by atoms with Gasteiger partial charge in [0.25, 0.3) is 5.91 Å². The summed E-state index contributed by atoms with van der Waals surface area (Å²) >= 11 is 0. The largest absolute Gasteiger partial charge is 0.336 e. The zero-order valence-electron chi connectivity index (χ0n) is 17.3. The summed E-state index contributed by atoms with van der Waals surface area (Å²) in [6, 6.07) is 13.1. The molecule has 162 valence electrons. The van der Waals surface area contributed by atoms with E-state index in [2.05, 4.69) is 15.1 Å². The zero-order valence-corrected chi connectivity index (χ0v) is 17.3. The Labute approximate surface area is 180 Å². The van der Waals surface area contributed by atoms with Crippen LogP contribution in [0.4, 0.5) is 8.78 Å². The number of aromatic amines is 1. The number of amides is 1. The van der Waals surface area contributed by atoms with E-state index in [1.54, 1.807) is 12.4 Å². The molecule has 1 saturated heterocycles. The molecular weight excluding hydrogens is 398 g/mol. The van der Waals surface area contributed by atoms with Gasteiger partial charge in [0.2, 0.25) is 0 Å². The molecule has 4 rings (SSSR count). The summed E-state index contributed by atoms with van der Waals surface area (Å²) in [4.78, 5) is 16.7. The Morgan fingerprint density at radius 2 is 1.52 bits per heavy atom. The van der Waals surface area contributed by atoms with E-state index in [-0.39, 0.29) is 23.5 Å². The molecule has 0 saturated carbocycles. The fourth-order valence-corrected chi connectivity index (χ4v) is 4.16. The van der Waals surface area contributed by atoms with E-state index < -0.39 is 0 Å². The molecule has 0 radical (unpaired) electrons. The van der Waals surface area contributed by atoms with Crippen LogP contribution < -0.4 is 0 Å². The Hall–Kier alpha value is -3.06. The number of nitrogens with one attached hydrogen (secondary N) is 1. The van der Waals surface area contributed by atoms with Crippen molar-refractivity contribution in [3.8, 4) is 0 Å². The molecule has 1 amide bonds. The number of hydrogen-bond donors (Lipinski definition) is 1. The number of nitrogens with zero attached hydrogens (tertiary/aromatic N) is 3. The maximum absolute atomic E-state index is 13.4. The third-order valence-electron chi connectivity index (χ3n) is 5.92. The van der Waals surface area contributed by atoms with Crippen LogP contribution in [-0.2, 0) is 0 Å². The first kappa shape index (κ1) is 21.2. The summed E-state index contributed by atoms with van der Waals surface area (Å²) in [7, 11) is 0. The molecule has 1 N–H and O–H groups in total. The third-order valence-corrected chi connectivity index (χ3v) is 5.92. The van der Waals surface area contributed by atoms with Crippen molar-refractivity contribution >= 4 is 5.91 Å². The zero-order chi connectivity index (χ0) is 21.6. The second-order valence-electron chi connectivity index (χ2n) is 7.92. The van der Waals surface area contributed by atoms with Gasteiger partial charge in [0.1, 0.15) is 11.6 Å². The van der Waals surface area contributed by atoms with E-state index in [4.69, 9.17) is 0 Å². The van der Waals surface area contributed by atoms with Gasteiger partial charge in [0, 0.05) is 38.3 Å². The van der Waals surface area contributed by atoms with Gasteiger partial charge in [-0.05, 0) is 54.8 Å². The van der Waals surface area contributed by atoms with Crippen molar-refractivity contribution in [2.24, 2.45) is 0 Å². The molecule has 1 fully saturated rings. The number of benzene rings is 2. The second-order valence-corrected chi connectivity index (χ2v) is 7.92. The summed E-state index contributed by atoms with van der Waals surface area (Å²) in [5, 5.41) is 6.53. The number of carbonyl (C=O) groups excluding carboxylic acids is 1. The lowest BCUT2D eigenvalue weighted by Gasteiger charge is -2.34. The Bertz CT molecular complexity index is 920. The van der Waals surface area contributed by atoms with E-state index in [9.17, 15) is 13.6 Å². The normalized spacial score (nSPS) is 14.9. The van der Waals surface area contributed by atoms with E-state index in [0.29, 0.717) is 18.7 Å². The molecule has 2 heterocycles. The van der Waals surface area contributed by atoms with Gasteiger partial charge in [-0.3, -0.25) is 14.8 Å². The molecule has 0 bridgehead atoms. The lowest BCUT2D eigenvalue weighted by molar-refractivity contribution is 0.0635. The fourth-order valence-electron chi connectivity index (χ4n) is 4.16. The molecule has 3 aromatic rings. The first-order valence-corrected chi connectivity index (χ1v) is 10.6. The van der Waals surface area contributed by atoms with Crippen LogP contribution in [0, 0.1) is 11.6 Å². The van der Waals surface area contributed by atoms with E-state index in [1.807, 2.05) is 29.2 Å². The molecule has 0 unspecified atom stereocenters. The highest BCUT2D eigenvalue weighted by atomic mass is 19.1. The van der Waals surface area contributed by atoms with Gasteiger partial charge < -0.3 is 4.90 Å². The number of halogens is 2. The smallest absolute Gasteiger partial charge is 0.257 e. The molecule has 0 atom stereocenters. The summed E-state index contributed by atoms with van der Waals surface area (Å²) < 4.78 is 26.8. The Morgan fingerprint density at radius 1 is 0.935 bits per heavy atom. The number of aromatic nitrogens is 2. The average molecular weight is 424 g/mol. The molecule has 1 aromatic heterocycles. The van der Waals surface area contributed by atoms with Gasteiger partial charge in [0.05, 0.1) is 11.8 Å². The van der Waals surface area contributed by atoms with Crippen LogP contribution in [-0.4, -0.2) is 58.6 Å². The van der Waals surface area contributed by atoms with Crippen molar-refractivity contribution in [3.63, 3.8) is 0 Å². The Balaban J connectivity index is 1.32. The fraction of sp³-hybridized carbons (Fsp3) is 0.333. The highest BCUT2D eigenvalue weighted by Crippen LogP contribution is 2.30. The molecule has 0 spiro atoms. The minimum absolute atomic E-state index is 0.0149. The number of carbonyl (C=O) groups is 1. The lowest BCUT2D eigenvalue weighted by atomic mass is 9.87. The van der Waals surface area contributed by atoms with Gasteiger partial charge >= 0.3 is 0 Å². The van der Waals surface area contributed by atoms with Gasteiger partial charge in [-0.2, -0.15) is 5.10 Å². The van der Waals surface area contributed by atoms with Gasteiger partial charge in [-0.1, -0.05) is 24.3 Å². The molecular formula is C24H26F2N4O. The van der Waals surface area contributed by atoms with Crippen LogP contribution in [0.15, 0.2) is 60.9 Å². The van der Waals surface area contributed by atoms with Crippen LogP contribution in [0.25, 0.3) is 0 Å². The molecule has 1 aliphatic rings. The first-order chi connectivity index (χ1) is 15.1. The van der Waals surface area contributed by atoms with Crippen LogP contribution in [0.1, 0.15) is 40.2 Å². The van der Waals surface area contributed by atoms with Crippen LogP contribution in [0.2, 0.25) is 0 Å². The SMILES string of the molecule is O=C(c1cn[nH]c1)N1CCN(CCCC(c2ccc(F)cc2)c2ccc(F)cc2)CC1. The van der Waals surface area contributed by atoms with Crippen molar-refractivity contribution in [3.05, 3.63) is 89.2 Å². The quantitative estimate of drug-likeness (QED) is 0.622. The van der Waals surface area contributed by atoms with Crippen molar-refractivity contribution in [1.29, 1.82) is 0 Å². The van der Waals surface area contributed by atoms with Crippen LogP contribution in [0.5, 0.6) is 0 Å². The first-order valence-electron chi connectivity index (χ1n) is 10.6. The van der Waals surface area contributed by atoms with E-state index in [1.165, 1.54) is 24.3 Å². The maximum atomic E-state index is 13.4. The van der Waals surface area contributed by atoms with Crippen LogP contribution in [0.3, 0.4) is 0 Å². The van der Waals surface area contributed by atoms with E-state index in [0.717, 1.165) is 43.6 Å². The average Bonchev–Trinajstić information content (AvgIpc) is 3.33. The number of hydrogen-bond acceptors (Lipinski definition) is 3. The number of rotatable bonds is 7. The van der Waals surface area contributed by atoms with Gasteiger partial charge in [0.15, 0.2) is 0 Å². The topological polar surface area (TPSA) is 52.2 Å². The Kier molecular flexibility index (Phi) is 6.72. The van der Waals surface area contributed by atoms with Gasteiger partial charge in [-0.25, -0.2) is 8.78 Å². The third kappa shape index (κ3) is 5.35. The summed E-state index contributed by atoms with van der Waals surface area (Å²) in [6.07, 6.45) is 5.01. The van der Waals surface area contributed by atoms with Crippen LogP contribution >= 0.6 is 0 Å². The summed E-state index contributed by atoms with van der Waals surface area (Å²) in [5.74, 6) is -0.417. The lowest BCUT2D eigenvalue weighted by Crippen LogP contribution is -2.48. The predicted molar refractivity (Wildman–Crippen MR) is 115 cm³/mol. The second kappa shape index (κ2) is 9.83. The summed E-state index contributed by atoms with van der Waals surface area (Å²) in [5.41, 5.74) is 2.65. The molecule has 5 nitrogen and oxygen atoms in total. The van der Waals surface area contributed by atoms with Crippen molar-refractivity contribution in [1.82, 2.24) is 20.0 Å². The van der Waals surface area contributed by atoms with Crippen molar-refractivity contribution in [2.75, 3.05) is 32.7 Å². The Morgan fingerprint density at radius 3 is 2.03 bits per heavy atom. The summed E-state index contributed by atoms with van der Waals surface area (Å²) in [6.45, 7) is 3.99. The predicted octanol–water partition coefficient (Wildman–Crippen LogP) is 4.06. The minimum Gasteiger partial charge on any atom is -0.336 e.